The van der Waals surface area contributed by atoms with Crippen LogP contribution in [0.4, 0.5) is 0 Å². The van der Waals surface area contributed by atoms with Gasteiger partial charge in [0.1, 0.15) is 0 Å². The second-order valence-corrected chi connectivity index (χ2v) is 6.96. The summed E-state index contributed by atoms with van der Waals surface area (Å²) in [5, 5.41) is 18.9. The first-order chi connectivity index (χ1) is 11.5. The van der Waals surface area contributed by atoms with Crippen LogP contribution in [-0.4, -0.2) is 23.3 Å². The molecule has 2 aromatic carbocycles. The van der Waals surface area contributed by atoms with E-state index in [2.05, 4.69) is 5.10 Å². The van der Waals surface area contributed by atoms with Crippen LogP contribution in [-0.2, 0) is 23.1 Å². The Morgan fingerprint density at radius 1 is 1.04 bits per heavy atom. The highest BCUT2D eigenvalue weighted by molar-refractivity contribution is 7.89. The lowest BCUT2D eigenvalue weighted by molar-refractivity contribution is 0.276. The number of hydrogen-bond acceptors (Lipinski definition) is 4. The molecule has 6 nitrogen and oxygen atoms in total. The molecule has 3 rings (SSSR count). The lowest BCUT2D eigenvalue weighted by Crippen LogP contribution is -2.12. The fraction of sp³-hybridized carbons (Fsp3) is 0.118. The zero-order valence-electron chi connectivity index (χ0n) is 12.8. The summed E-state index contributed by atoms with van der Waals surface area (Å²) < 4.78 is 24.4. The fourth-order valence-electron chi connectivity index (χ4n) is 2.48. The van der Waals surface area contributed by atoms with Crippen LogP contribution in [0.3, 0.4) is 0 Å². The molecule has 124 valence electrons. The highest BCUT2D eigenvalue weighted by Crippen LogP contribution is 2.18. The highest BCUT2D eigenvalue weighted by Gasteiger charge is 2.12. The minimum atomic E-state index is -3.73. The number of sulfonamides is 1. The fourth-order valence-corrected chi connectivity index (χ4v) is 3.00. The molecule has 0 radical (unpaired) electrons. The van der Waals surface area contributed by atoms with Gasteiger partial charge in [-0.15, -0.1) is 0 Å². The Balaban J connectivity index is 1.99. The first-order valence-corrected chi connectivity index (χ1v) is 8.88. The van der Waals surface area contributed by atoms with Crippen LogP contribution in [0.1, 0.15) is 17.0 Å². The van der Waals surface area contributed by atoms with Gasteiger partial charge >= 0.3 is 0 Å². The van der Waals surface area contributed by atoms with Crippen molar-refractivity contribution in [3.63, 3.8) is 0 Å². The van der Waals surface area contributed by atoms with Gasteiger partial charge in [0.15, 0.2) is 0 Å². The van der Waals surface area contributed by atoms with Crippen LogP contribution in [0.5, 0.6) is 0 Å². The third-order valence-electron chi connectivity index (χ3n) is 3.63. The van der Waals surface area contributed by atoms with Crippen molar-refractivity contribution in [1.29, 1.82) is 0 Å². The molecule has 1 heterocycles. The van der Waals surface area contributed by atoms with E-state index in [1.54, 1.807) is 16.8 Å². The predicted molar refractivity (Wildman–Crippen MR) is 90.1 cm³/mol. The molecule has 0 aliphatic heterocycles. The van der Waals surface area contributed by atoms with Gasteiger partial charge in [-0.25, -0.2) is 18.2 Å². The van der Waals surface area contributed by atoms with Crippen molar-refractivity contribution in [3.05, 3.63) is 77.6 Å². The summed E-state index contributed by atoms with van der Waals surface area (Å²) in [5.41, 5.74) is 3.27. The molecular weight excluding hydrogens is 326 g/mol. The zero-order chi connectivity index (χ0) is 17.2. The molecule has 0 fully saturated rings. The molecule has 0 spiro atoms. The average molecular weight is 343 g/mol. The predicted octanol–water partition coefficient (Wildman–Crippen LogP) is 1.60. The summed E-state index contributed by atoms with van der Waals surface area (Å²) >= 11 is 0. The van der Waals surface area contributed by atoms with Crippen LogP contribution < -0.4 is 5.14 Å². The molecule has 0 saturated carbocycles. The Morgan fingerprint density at radius 3 is 2.29 bits per heavy atom. The quantitative estimate of drug-likeness (QED) is 0.735. The number of nitrogens with zero attached hydrogens (tertiary/aromatic N) is 2. The van der Waals surface area contributed by atoms with Crippen molar-refractivity contribution in [2.75, 3.05) is 0 Å². The zero-order valence-corrected chi connectivity index (χ0v) is 13.6. The number of rotatable bonds is 5. The van der Waals surface area contributed by atoms with Gasteiger partial charge in [-0.05, 0) is 35.9 Å². The topological polar surface area (TPSA) is 98.2 Å². The summed E-state index contributed by atoms with van der Waals surface area (Å²) in [5.74, 6) is 0. The van der Waals surface area contributed by atoms with Crippen molar-refractivity contribution in [2.45, 2.75) is 17.9 Å². The largest absolute Gasteiger partial charge is 0.390 e. The van der Waals surface area contributed by atoms with E-state index in [1.807, 2.05) is 36.4 Å². The molecule has 0 aliphatic rings. The van der Waals surface area contributed by atoms with E-state index in [9.17, 15) is 13.5 Å². The maximum absolute atomic E-state index is 11.4. The Morgan fingerprint density at radius 2 is 1.71 bits per heavy atom. The van der Waals surface area contributed by atoms with Crippen molar-refractivity contribution in [1.82, 2.24) is 9.78 Å². The van der Waals surface area contributed by atoms with Crippen LogP contribution >= 0.6 is 0 Å². The summed E-state index contributed by atoms with van der Waals surface area (Å²) in [7, 11) is -3.73. The van der Waals surface area contributed by atoms with Crippen molar-refractivity contribution < 1.29 is 13.5 Å². The van der Waals surface area contributed by atoms with E-state index in [4.69, 9.17) is 5.14 Å². The van der Waals surface area contributed by atoms with E-state index >= 15 is 0 Å². The van der Waals surface area contributed by atoms with E-state index in [0.717, 1.165) is 11.3 Å². The number of nitrogens with two attached hydrogens (primary N) is 1. The molecule has 3 aromatic rings. The molecule has 0 unspecified atom stereocenters. The molecule has 7 heteroatoms. The standard InChI is InChI=1S/C17H17N3O3S/c18-24(22,23)17-8-6-15(7-9-17)20-16(11-14(12-21)19-20)10-13-4-2-1-3-5-13/h1-9,11,21H,10,12H2,(H2,18,22,23). The first kappa shape index (κ1) is 16.4. The van der Waals surface area contributed by atoms with Gasteiger partial charge in [-0.2, -0.15) is 5.10 Å². The number of aromatic nitrogens is 2. The lowest BCUT2D eigenvalue weighted by atomic mass is 10.1. The van der Waals surface area contributed by atoms with Gasteiger partial charge < -0.3 is 5.11 Å². The molecule has 3 N–H and O–H groups in total. The SMILES string of the molecule is NS(=O)(=O)c1ccc(-n2nc(CO)cc2Cc2ccccc2)cc1. The summed E-state index contributed by atoms with van der Waals surface area (Å²) in [4.78, 5) is 0.0467. The van der Waals surface area contributed by atoms with Gasteiger partial charge in [0, 0.05) is 12.1 Å². The van der Waals surface area contributed by atoms with Gasteiger partial charge in [-0.3, -0.25) is 0 Å². The van der Waals surface area contributed by atoms with Gasteiger partial charge in [0.2, 0.25) is 10.0 Å². The Bertz CT molecular complexity index is 933. The molecule has 0 bridgehead atoms. The normalized spacial score (nSPS) is 11.6. The van der Waals surface area contributed by atoms with Gasteiger partial charge in [0.25, 0.3) is 0 Å². The second kappa shape index (κ2) is 6.56. The number of aliphatic hydroxyl groups excluding tert-OH is 1. The first-order valence-electron chi connectivity index (χ1n) is 7.33. The van der Waals surface area contributed by atoms with Crippen LogP contribution in [0.15, 0.2) is 65.6 Å². The Labute approximate surface area is 140 Å². The Hall–Kier alpha value is -2.48. The Kier molecular flexibility index (Phi) is 4.48. The smallest absolute Gasteiger partial charge is 0.238 e. The van der Waals surface area contributed by atoms with Crippen molar-refractivity contribution in [3.8, 4) is 5.69 Å². The minimum Gasteiger partial charge on any atom is -0.390 e. The minimum absolute atomic E-state index is 0.0467. The molecule has 0 amide bonds. The lowest BCUT2D eigenvalue weighted by Gasteiger charge is -2.08. The second-order valence-electron chi connectivity index (χ2n) is 5.40. The molecule has 0 saturated heterocycles. The van der Waals surface area contributed by atoms with Crippen LogP contribution in [0.2, 0.25) is 0 Å². The van der Waals surface area contributed by atoms with Crippen molar-refractivity contribution >= 4 is 10.0 Å². The molecule has 0 atom stereocenters. The molecule has 1 aromatic heterocycles. The van der Waals surface area contributed by atoms with E-state index in [-0.39, 0.29) is 11.5 Å². The van der Waals surface area contributed by atoms with Gasteiger partial charge in [-0.1, -0.05) is 30.3 Å². The number of primary sulfonamides is 1. The summed E-state index contributed by atoms with van der Waals surface area (Å²) in [6, 6.07) is 17.9. The van der Waals surface area contributed by atoms with Gasteiger partial charge in [0.05, 0.1) is 22.9 Å². The monoisotopic (exact) mass is 343 g/mol. The van der Waals surface area contributed by atoms with Crippen molar-refractivity contribution in [2.24, 2.45) is 5.14 Å². The summed E-state index contributed by atoms with van der Waals surface area (Å²) in [6.07, 6.45) is 0.644. The maximum atomic E-state index is 11.4. The third-order valence-corrected chi connectivity index (χ3v) is 4.56. The number of benzene rings is 2. The molecule has 0 aliphatic carbocycles. The summed E-state index contributed by atoms with van der Waals surface area (Å²) in [6.45, 7) is -0.163. The van der Waals surface area contributed by atoms with Crippen LogP contribution in [0.25, 0.3) is 5.69 Å². The maximum Gasteiger partial charge on any atom is 0.238 e. The highest BCUT2D eigenvalue weighted by atomic mass is 32.2. The molecule has 24 heavy (non-hydrogen) atoms. The number of aliphatic hydroxyl groups is 1. The van der Waals surface area contributed by atoms with Crippen LogP contribution in [0, 0.1) is 0 Å². The number of hydrogen-bond donors (Lipinski definition) is 2. The van der Waals surface area contributed by atoms with E-state index in [1.165, 1.54) is 12.1 Å². The van der Waals surface area contributed by atoms with E-state index in [0.29, 0.717) is 17.8 Å². The third kappa shape index (κ3) is 3.53. The molecular formula is C17H17N3O3S. The average Bonchev–Trinajstić information content (AvgIpc) is 2.98. The van der Waals surface area contributed by atoms with E-state index < -0.39 is 10.0 Å².